The minimum absolute atomic E-state index is 0.0908. The number of piperidine rings is 1. The number of fused-ring (bicyclic) bond motifs is 1. The molecule has 1 amide bonds. The Labute approximate surface area is 124 Å². The molecule has 118 valence electrons. The molecule has 21 heavy (non-hydrogen) atoms. The van der Waals surface area contributed by atoms with Gasteiger partial charge in [-0.3, -0.25) is 4.90 Å². The second-order valence-electron chi connectivity index (χ2n) is 6.81. The van der Waals surface area contributed by atoms with Crippen molar-refractivity contribution in [1.82, 2.24) is 4.90 Å². The molecule has 3 atom stereocenters. The molecular weight excluding hydrogens is 274 g/mol. The summed E-state index contributed by atoms with van der Waals surface area (Å²) in [4.78, 5) is 36.8. The second-order valence-corrected chi connectivity index (χ2v) is 6.81. The van der Waals surface area contributed by atoms with Crippen molar-refractivity contribution < 1.29 is 23.9 Å². The fraction of sp³-hybridized carbons (Fsp3) is 0.800. The Hall–Kier alpha value is -1.59. The molecule has 6 heteroatoms. The number of amides is 1. The Kier molecular flexibility index (Phi) is 4.00. The number of likely N-dealkylation sites (tertiary alicyclic amines) is 1. The highest BCUT2D eigenvalue weighted by Gasteiger charge is 2.67. The van der Waals surface area contributed by atoms with Gasteiger partial charge in [0.05, 0.1) is 6.61 Å². The average Bonchev–Trinajstić information content (AvgIpc) is 2.92. The molecule has 0 unspecified atom stereocenters. The van der Waals surface area contributed by atoms with Crippen molar-refractivity contribution in [2.75, 3.05) is 6.61 Å². The van der Waals surface area contributed by atoms with Gasteiger partial charge in [-0.15, -0.1) is 0 Å². The molecule has 1 aliphatic carbocycles. The van der Waals surface area contributed by atoms with Crippen LogP contribution in [0.3, 0.4) is 0 Å². The van der Waals surface area contributed by atoms with Crippen LogP contribution >= 0.6 is 0 Å². The predicted molar refractivity (Wildman–Crippen MR) is 74.6 cm³/mol. The molecule has 6 nitrogen and oxygen atoms in total. The third-order valence-corrected chi connectivity index (χ3v) is 4.07. The molecule has 0 N–H and O–H groups in total. The average molecular weight is 297 g/mol. The van der Waals surface area contributed by atoms with Crippen molar-refractivity contribution in [1.29, 1.82) is 0 Å². The van der Waals surface area contributed by atoms with Gasteiger partial charge < -0.3 is 14.3 Å². The molecule has 2 fully saturated rings. The Balaban J connectivity index is 2.17. The van der Waals surface area contributed by atoms with Crippen molar-refractivity contribution in [2.24, 2.45) is 5.41 Å². The normalized spacial score (nSPS) is 30.6. The molecule has 1 aliphatic heterocycles. The first-order chi connectivity index (χ1) is 9.74. The first-order valence-corrected chi connectivity index (χ1v) is 7.35. The van der Waals surface area contributed by atoms with E-state index in [1.165, 1.54) is 4.90 Å². The van der Waals surface area contributed by atoms with E-state index in [0.717, 1.165) is 12.7 Å². The molecule has 2 aliphatic rings. The van der Waals surface area contributed by atoms with Gasteiger partial charge in [-0.1, -0.05) is 0 Å². The van der Waals surface area contributed by atoms with E-state index in [2.05, 4.69) is 0 Å². The van der Waals surface area contributed by atoms with E-state index >= 15 is 0 Å². The van der Waals surface area contributed by atoms with Crippen LogP contribution in [0.4, 0.5) is 4.79 Å². The van der Waals surface area contributed by atoms with Crippen LogP contribution < -0.4 is 0 Å². The van der Waals surface area contributed by atoms with Gasteiger partial charge in [-0.2, -0.15) is 0 Å². The maximum Gasteiger partial charge on any atom is 0.411 e. The molecule has 0 spiro atoms. The number of ether oxygens (including phenoxy) is 2. The van der Waals surface area contributed by atoms with Crippen LogP contribution in [0, 0.1) is 5.41 Å². The number of hydrogen-bond acceptors (Lipinski definition) is 5. The highest BCUT2D eigenvalue weighted by Crippen LogP contribution is 2.61. The van der Waals surface area contributed by atoms with Gasteiger partial charge in [-0.05, 0) is 40.5 Å². The van der Waals surface area contributed by atoms with Gasteiger partial charge in [0.1, 0.15) is 17.9 Å². The van der Waals surface area contributed by atoms with E-state index in [0.29, 0.717) is 12.8 Å². The van der Waals surface area contributed by atoms with E-state index in [9.17, 15) is 14.4 Å². The molecule has 1 saturated heterocycles. The van der Waals surface area contributed by atoms with Crippen LogP contribution in [0.1, 0.15) is 47.0 Å². The minimum atomic E-state index is -0.640. The third kappa shape index (κ3) is 3.04. The standard InChI is InChI=1S/C15H23NO5/c1-5-20-12(18)10-8-15(6-7-17)9-11(15)16(10)13(19)21-14(2,3)4/h7,10-11H,5-6,8-9H2,1-4H3/t10-,11-,15+/m0/s1. The van der Waals surface area contributed by atoms with Crippen LogP contribution in [-0.2, 0) is 19.1 Å². The van der Waals surface area contributed by atoms with Crippen molar-refractivity contribution >= 4 is 18.3 Å². The highest BCUT2D eigenvalue weighted by molar-refractivity contribution is 5.84. The Morgan fingerprint density at radius 3 is 2.52 bits per heavy atom. The quantitative estimate of drug-likeness (QED) is 0.585. The third-order valence-electron chi connectivity index (χ3n) is 4.07. The smallest absolute Gasteiger partial charge is 0.411 e. The molecule has 0 aromatic heterocycles. The van der Waals surface area contributed by atoms with Crippen molar-refractivity contribution in [3.8, 4) is 0 Å². The van der Waals surface area contributed by atoms with Crippen molar-refractivity contribution in [3.05, 3.63) is 0 Å². The monoisotopic (exact) mass is 297 g/mol. The van der Waals surface area contributed by atoms with Crippen molar-refractivity contribution in [3.63, 3.8) is 0 Å². The lowest BCUT2D eigenvalue weighted by Gasteiger charge is -2.29. The maximum atomic E-state index is 12.4. The van der Waals surface area contributed by atoms with E-state index in [1.54, 1.807) is 27.7 Å². The zero-order valence-electron chi connectivity index (χ0n) is 13.0. The van der Waals surface area contributed by atoms with Crippen LogP contribution in [0.15, 0.2) is 0 Å². The van der Waals surface area contributed by atoms with E-state index in [1.807, 2.05) is 0 Å². The van der Waals surface area contributed by atoms with Gasteiger partial charge in [-0.25, -0.2) is 9.59 Å². The van der Waals surface area contributed by atoms with E-state index in [4.69, 9.17) is 9.47 Å². The van der Waals surface area contributed by atoms with Crippen molar-refractivity contribution in [2.45, 2.75) is 64.6 Å². The lowest BCUT2D eigenvalue weighted by atomic mass is 9.96. The first kappa shape index (κ1) is 15.8. The summed E-state index contributed by atoms with van der Waals surface area (Å²) in [6.45, 7) is 7.35. The lowest BCUT2D eigenvalue weighted by molar-refractivity contribution is -0.149. The summed E-state index contributed by atoms with van der Waals surface area (Å²) >= 11 is 0. The summed E-state index contributed by atoms with van der Waals surface area (Å²) < 4.78 is 10.4. The highest BCUT2D eigenvalue weighted by atomic mass is 16.6. The number of carbonyl (C=O) groups is 3. The van der Waals surface area contributed by atoms with Crippen LogP contribution in [0.5, 0.6) is 0 Å². The zero-order chi connectivity index (χ0) is 15.8. The van der Waals surface area contributed by atoms with Crippen LogP contribution in [-0.4, -0.2) is 47.5 Å². The summed E-state index contributed by atoms with van der Waals surface area (Å²) in [5.74, 6) is -0.416. The van der Waals surface area contributed by atoms with Gasteiger partial charge in [0.2, 0.25) is 0 Å². The van der Waals surface area contributed by atoms with E-state index < -0.39 is 23.7 Å². The molecule has 0 aromatic carbocycles. The summed E-state index contributed by atoms with van der Waals surface area (Å²) in [6.07, 6.45) is 1.96. The summed E-state index contributed by atoms with van der Waals surface area (Å²) in [5, 5.41) is 0. The largest absolute Gasteiger partial charge is 0.464 e. The topological polar surface area (TPSA) is 72.9 Å². The number of esters is 1. The Morgan fingerprint density at radius 1 is 1.33 bits per heavy atom. The second kappa shape index (κ2) is 5.31. The number of carbonyl (C=O) groups excluding carboxylic acids is 3. The number of hydrogen-bond donors (Lipinski definition) is 0. The summed E-state index contributed by atoms with van der Waals surface area (Å²) in [7, 11) is 0. The molecule has 1 heterocycles. The van der Waals surface area contributed by atoms with Gasteiger partial charge in [0.25, 0.3) is 0 Å². The molecular formula is C15H23NO5. The molecule has 0 bridgehead atoms. The summed E-state index contributed by atoms with van der Waals surface area (Å²) in [6, 6.07) is -0.731. The van der Waals surface area contributed by atoms with Crippen LogP contribution in [0.2, 0.25) is 0 Å². The minimum Gasteiger partial charge on any atom is -0.464 e. The Morgan fingerprint density at radius 2 is 2.00 bits per heavy atom. The molecule has 2 rings (SSSR count). The zero-order valence-corrected chi connectivity index (χ0v) is 13.0. The van der Waals surface area contributed by atoms with Gasteiger partial charge in [0, 0.05) is 17.9 Å². The first-order valence-electron chi connectivity index (χ1n) is 7.35. The fourth-order valence-corrected chi connectivity index (χ4v) is 3.11. The maximum absolute atomic E-state index is 12.4. The number of aldehydes is 1. The number of nitrogens with zero attached hydrogens (tertiary/aromatic N) is 1. The van der Waals surface area contributed by atoms with Crippen LogP contribution in [0.25, 0.3) is 0 Å². The summed E-state index contributed by atoms with van der Waals surface area (Å²) in [5.41, 5.74) is -0.878. The SMILES string of the molecule is CCOC(=O)[C@@H]1C[C@]2(CC=O)C[C@@H]2N1C(=O)OC(C)(C)C. The molecule has 0 aromatic rings. The molecule has 1 saturated carbocycles. The van der Waals surface area contributed by atoms with E-state index in [-0.39, 0.29) is 18.1 Å². The predicted octanol–water partition coefficient (Wildman–Crippen LogP) is 1.91. The lowest BCUT2D eigenvalue weighted by Crippen LogP contribution is -2.46. The van der Waals surface area contributed by atoms with Gasteiger partial charge in [0.15, 0.2) is 0 Å². The number of rotatable bonds is 4. The Bertz CT molecular complexity index is 455. The fourth-order valence-electron chi connectivity index (χ4n) is 3.11. The van der Waals surface area contributed by atoms with Gasteiger partial charge >= 0.3 is 12.1 Å². The molecule has 0 radical (unpaired) electrons.